The minimum atomic E-state index is -4.04. The maximum absolute atomic E-state index is 13.8. The van der Waals surface area contributed by atoms with E-state index in [0.29, 0.717) is 5.69 Å². The lowest BCUT2D eigenvalue weighted by molar-refractivity contribution is -0.139. The number of carbonyl (C=O) groups excluding carboxylic acids is 2. The maximum atomic E-state index is 13.8. The monoisotopic (exact) mass is 521 g/mol. The van der Waals surface area contributed by atoms with Crippen LogP contribution in [-0.2, 0) is 26.2 Å². The topological polar surface area (TPSA) is 86.8 Å². The Morgan fingerprint density at radius 3 is 2.00 bits per heavy atom. The Balaban J connectivity index is 1.98. The van der Waals surface area contributed by atoms with Crippen LogP contribution in [-0.4, -0.2) is 43.8 Å². The van der Waals surface area contributed by atoms with E-state index in [4.69, 9.17) is 0 Å². The summed E-state index contributed by atoms with van der Waals surface area (Å²) in [5.74, 6) is -0.761. The fraction of sp³-hybridized carbons (Fsp3) is 0.310. The average Bonchev–Trinajstić information content (AvgIpc) is 2.91. The summed E-state index contributed by atoms with van der Waals surface area (Å²) >= 11 is 0. The Bertz CT molecular complexity index is 1280. The highest BCUT2D eigenvalue weighted by Crippen LogP contribution is 2.24. The highest BCUT2D eigenvalue weighted by atomic mass is 32.2. The summed E-state index contributed by atoms with van der Waals surface area (Å²) in [7, 11) is -4.04. The molecule has 3 aromatic carbocycles. The lowest BCUT2D eigenvalue weighted by Gasteiger charge is -2.32. The summed E-state index contributed by atoms with van der Waals surface area (Å²) in [6.45, 7) is 7.23. The van der Waals surface area contributed by atoms with E-state index in [2.05, 4.69) is 5.32 Å². The van der Waals surface area contributed by atoms with E-state index >= 15 is 0 Å². The standard InChI is InChI=1S/C29H35N3O4S/c1-5-23(3)30-29(34)24(4)31(20-25-18-16-22(2)17-19-25)28(33)21-32(26-12-8-6-9-13-26)37(35,36)27-14-10-7-11-15-27/h6-19,23-24H,5,20-21H2,1-4H3,(H,30,34). The largest absolute Gasteiger partial charge is 0.352 e. The number of aryl methyl sites for hydroxylation is 1. The Kier molecular flexibility index (Phi) is 9.47. The molecule has 2 atom stereocenters. The smallest absolute Gasteiger partial charge is 0.264 e. The Hall–Kier alpha value is -3.65. The second-order valence-corrected chi connectivity index (χ2v) is 11.0. The lowest BCUT2D eigenvalue weighted by atomic mass is 10.1. The zero-order valence-electron chi connectivity index (χ0n) is 21.8. The van der Waals surface area contributed by atoms with Crippen molar-refractivity contribution in [2.75, 3.05) is 10.8 Å². The number of anilines is 1. The van der Waals surface area contributed by atoms with Gasteiger partial charge in [-0.1, -0.05) is 73.2 Å². The molecule has 0 heterocycles. The molecule has 0 spiro atoms. The molecule has 3 rings (SSSR count). The summed E-state index contributed by atoms with van der Waals surface area (Å²) in [6.07, 6.45) is 0.751. The molecule has 1 N–H and O–H groups in total. The molecular weight excluding hydrogens is 486 g/mol. The van der Waals surface area contributed by atoms with Crippen LogP contribution >= 0.6 is 0 Å². The van der Waals surface area contributed by atoms with E-state index in [0.717, 1.165) is 21.9 Å². The normalized spacial score (nSPS) is 12.9. The first kappa shape index (κ1) is 27.9. The number of amides is 2. The molecule has 0 aliphatic heterocycles. The molecule has 3 aromatic rings. The van der Waals surface area contributed by atoms with Crippen LogP contribution in [0.25, 0.3) is 0 Å². The van der Waals surface area contributed by atoms with Gasteiger partial charge in [-0.3, -0.25) is 13.9 Å². The van der Waals surface area contributed by atoms with E-state index in [9.17, 15) is 18.0 Å². The third kappa shape index (κ3) is 7.20. The van der Waals surface area contributed by atoms with Crippen molar-refractivity contribution >= 4 is 27.5 Å². The Morgan fingerprint density at radius 2 is 1.43 bits per heavy atom. The number of benzene rings is 3. The van der Waals surface area contributed by atoms with Crippen molar-refractivity contribution in [3.05, 3.63) is 96.1 Å². The van der Waals surface area contributed by atoms with Crippen molar-refractivity contribution in [2.45, 2.75) is 57.6 Å². The number of nitrogens with zero attached hydrogens (tertiary/aromatic N) is 2. The van der Waals surface area contributed by atoms with Gasteiger partial charge in [0.2, 0.25) is 11.8 Å². The molecule has 0 bridgehead atoms. The third-order valence-electron chi connectivity index (χ3n) is 6.30. The van der Waals surface area contributed by atoms with Crippen LogP contribution in [0.2, 0.25) is 0 Å². The van der Waals surface area contributed by atoms with Crippen molar-refractivity contribution in [3.63, 3.8) is 0 Å². The second-order valence-electron chi connectivity index (χ2n) is 9.16. The Labute approximate surface area is 220 Å². The second kappa shape index (κ2) is 12.5. The Morgan fingerprint density at radius 1 is 0.865 bits per heavy atom. The first-order valence-corrected chi connectivity index (χ1v) is 13.9. The van der Waals surface area contributed by atoms with Gasteiger partial charge in [-0.05, 0) is 57.0 Å². The predicted octanol–water partition coefficient (Wildman–Crippen LogP) is 4.52. The van der Waals surface area contributed by atoms with Crippen LogP contribution in [0.4, 0.5) is 5.69 Å². The van der Waals surface area contributed by atoms with Crippen LogP contribution in [0.15, 0.2) is 89.8 Å². The number of para-hydroxylation sites is 1. The molecule has 7 nitrogen and oxygen atoms in total. The molecule has 0 radical (unpaired) electrons. The van der Waals surface area contributed by atoms with Gasteiger partial charge in [0.05, 0.1) is 10.6 Å². The summed E-state index contributed by atoms with van der Waals surface area (Å²) in [4.78, 5) is 28.4. The molecule has 0 saturated carbocycles. The fourth-order valence-electron chi connectivity index (χ4n) is 3.78. The molecule has 0 fully saturated rings. The number of nitrogens with one attached hydrogen (secondary N) is 1. The van der Waals surface area contributed by atoms with Gasteiger partial charge in [0.25, 0.3) is 10.0 Å². The number of hydrogen-bond donors (Lipinski definition) is 1. The van der Waals surface area contributed by atoms with Gasteiger partial charge in [0.1, 0.15) is 12.6 Å². The number of carbonyl (C=O) groups is 2. The van der Waals surface area contributed by atoms with Gasteiger partial charge in [-0.15, -0.1) is 0 Å². The minimum absolute atomic E-state index is 0.0504. The van der Waals surface area contributed by atoms with E-state index in [-0.39, 0.29) is 23.4 Å². The van der Waals surface area contributed by atoms with E-state index in [1.807, 2.05) is 45.0 Å². The van der Waals surface area contributed by atoms with Crippen LogP contribution in [0.5, 0.6) is 0 Å². The molecule has 0 saturated heterocycles. The summed E-state index contributed by atoms with van der Waals surface area (Å²) in [5, 5.41) is 2.94. The number of rotatable bonds is 11. The van der Waals surface area contributed by atoms with E-state index < -0.39 is 28.5 Å². The zero-order valence-corrected chi connectivity index (χ0v) is 22.6. The summed E-state index contributed by atoms with van der Waals surface area (Å²) < 4.78 is 28.4. The highest BCUT2D eigenvalue weighted by molar-refractivity contribution is 7.92. The highest BCUT2D eigenvalue weighted by Gasteiger charge is 2.32. The van der Waals surface area contributed by atoms with Gasteiger partial charge in [-0.2, -0.15) is 0 Å². The third-order valence-corrected chi connectivity index (χ3v) is 8.08. The van der Waals surface area contributed by atoms with Crippen molar-refractivity contribution in [1.82, 2.24) is 10.2 Å². The zero-order chi connectivity index (χ0) is 27.0. The van der Waals surface area contributed by atoms with Crippen molar-refractivity contribution in [1.29, 1.82) is 0 Å². The summed E-state index contributed by atoms with van der Waals surface area (Å²) in [6, 6.07) is 23.4. The maximum Gasteiger partial charge on any atom is 0.264 e. The van der Waals surface area contributed by atoms with Crippen molar-refractivity contribution in [2.24, 2.45) is 0 Å². The van der Waals surface area contributed by atoms with Crippen molar-refractivity contribution < 1.29 is 18.0 Å². The molecule has 196 valence electrons. The molecule has 0 aromatic heterocycles. The van der Waals surface area contributed by atoms with Crippen molar-refractivity contribution in [3.8, 4) is 0 Å². The molecule has 2 unspecified atom stereocenters. The average molecular weight is 522 g/mol. The fourth-order valence-corrected chi connectivity index (χ4v) is 5.22. The molecule has 2 amide bonds. The van der Waals surface area contributed by atoms with E-state index in [1.165, 1.54) is 17.0 Å². The molecule has 37 heavy (non-hydrogen) atoms. The molecule has 0 aliphatic carbocycles. The van der Waals surface area contributed by atoms with Crippen LogP contribution in [0, 0.1) is 6.92 Å². The number of hydrogen-bond acceptors (Lipinski definition) is 4. The minimum Gasteiger partial charge on any atom is -0.352 e. The predicted molar refractivity (Wildman–Crippen MR) is 147 cm³/mol. The van der Waals surface area contributed by atoms with Crippen LogP contribution in [0.1, 0.15) is 38.3 Å². The lowest BCUT2D eigenvalue weighted by Crippen LogP contribution is -2.52. The number of sulfonamides is 1. The first-order chi connectivity index (χ1) is 17.6. The SMILES string of the molecule is CCC(C)NC(=O)C(C)N(Cc1ccc(C)cc1)C(=O)CN(c1ccccc1)S(=O)(=O)c1ccccc1. The van der Waals surface area contributed by atoms with E-state index in [1.54, 1.807) is 55.5 Å². The molecule has 0 aliphatic rings. The quantitative estimate of drug-likeness (QED) is 0.402. The van der Waals surface area contributed by atoms with Gasteiger partial charge >= 0.3 is 0 Å². The summed E-state index contributed by atoms with van der Waals surface area (Å²) in [5.41, 5.74) is 2.29. The van der Waals surface area contributed by atoms with Gasteiger partial charge < -0.3 is 10.2 Å². The van der Waals surface area contributed by atoms with Crippen LogP contribution in [0.3, 0.4) is 0 Å². The molecule has 8 heteroatoms. The first-order valence-electron chi connectivity index (χ1n) is 12.4. The van der Waals surface area contributed by atoms with Crippen LogP contribution < -0.4 is 9.62 Å². The molecular formula is C29H35N3O4S. The van der Waals surface area contributed by atoms with Gasteiger partial charge in [0.15, 0.2) is 0 Å². The van der Waals surface area contributed by atoms with Gasteiger partial charge in [-0.25, -0.2) is 8.42 Å². The van der Waals surface area contributed by atoms with Gasteiger partial charge in [0, 0.05) is 12.6 Å².